The van der Waals surface area contributed by atoms with Crippen molar-refractivity contribution in [1.29, 1.82) is 0 Å². The number of piperidine rings is 1. The summed E-state index contributed by atoms with van der Waals surface area (Å²) in [4.78, 5) is 20.7. The first-order valence-electron chi connectivity index (χ1n) is 11.7. The number of carbonyl (C=O) groups is 1. The van der Waals surface area contributed by atoms with Gasteiger partial charge in [-0.3, -0.25) is 4.79 Å². The normalized spacial score (nSPS) is 28.5. The van der Waals surface area contributed by atoms with Crippen molar-refractivity contribution in [2.24, 2.45) is 5.92 Å². The number of hydrogen-bond acceptors (Lipinski definition) is 3. The standard InChI is InChI=1S/C26H29N3O2/c30-25(23-22-12-6-7-16-28(22)24(27-23)18-13-14-18)29-17-15-26(31,19-8-2-1-3-9-19)20-10-4-5-11-21(20)29/h1-3,6-9,12,16,18,20-21,31H,4-5,10-11,13-15,17H2/t20-,21+,26?/m1/s1. The molecule has 1 aliphatic heterocycles. The minimum absolute atomic E-state index is 0.0302. The van der Waals surface area contributed by atoms with Gasteiger partial charge in [0.2, 0.25) is 0 Å². The second-order valence-corrected chi connectivity index (χ2v) is 9.55. The van der Waals surface area contributed by atoms with Crippen LogP contribution in [0.15, 0.2) is 54.7 Å². The van der Waals surface area contributed by atoms with E-state index in [2.05, 4.69) is 4.40 Å². The van der Waals surface area contributed by atoms with Gasteiger partial charge in [-0.1, -0.05) is 49.2 Å². The van der Waals surface area contributed by atoms with Crippen LogP contribution in [0.25, 0.3) is 5.52 Å². The SMILES string of the molecule is O=C(c1nc(C2CC2)n2ccccc12)N1CCC(O)(c2ccccc2)[C@@H]2CCCC[C@@H]21. The van der Waals surface area contributed by atoms with Crippen LogP contribution in [0.1, 0.15) is 72.7 Å². The zero-order valence-corrected chi connectivity index (χ0v) is 17.8. The van der Waals surface area contributed by atoms with E-state index in [1.54, 1.807) is 0 Å². The molecule has 3 atom stereocenters. The van der Waals surface area contributed by atoms with Crippen molar-refractivity contribution in [3.63, 3.8) is 0 Å². The molecule has 6 rings (SSSR count). The highest BCUT2D eigenvalue weighted by Gasteiger charge is 2.50. The maximum atomic E-state index is 13.8. The number of imidazole rings is 1. The molecule has 5 nitrogen and oxygen atoms in total. The molecule has 3 aliphatic rings. The second kappa shape index (κ2) is 7.20. The zero-order valence-electron chi connectivity index (χ0n) is 17.8. The van der Waals surface area contributed by atoms with E-state index in [1.165, 1.54) is 0 Å². The van der Waals surface area contributed by atoms with Crippen LogP contribution in [0.5, 0.6) is 0 Å². The van der Waals surface area contributed by atoms with Gasteiger partial charge in [-0.05, 0) is 49.8 Å². The van der Waals surface area contributed by atoms with Crippen molar-refractivity contribution in [1.82, 2.24) is 14.3 Å². The van der Waals surface area contributed by atoms with E-state index in [9.17, 15) is 9.90 Å². The zero-order chi connectivity index (χ0) is 21.0. The van der Waals surface area contributed by atoms with Crippen LogP contribution in [0.4, 0.5) is 0 Å². The molecule has 5 heteroatoms. The van der Waals surface area contributed by atoms with Gasteiger partial charge in [0.25, 0.3) is 5.91 Å². The van der Waals surface area contributed by atoms with E-state index in [4.69, 9.17) is 4.98 Å². The fourth-order valence-electron chi connectivity index (χ4n) is 6.01. The molecule has 2 saturated carbocycles. The van der Waals surface area contributed by atoms with E-state index >= 15 is 0 Å². The minimum Gasteiger partial charge on any atom is -0.385 e. The lowest BCUT2D eigenvalue weighted by Crippen LogP contribution is -2.59. The summed E-state index contributed by atoms with van der Waals surface area (Å²) < 4.78 is 2.10. The van der Waals surface area contributed by atoms with E-state index in [0.717, 1.165) is 55.4 Å². The van der Waals surface area contributed by atoms with Gasteiger partial charge in [-0.15, -0.1) is 0 Å². The molecule has 160 valence electrons. The second-order valence-electron chi connectivity index (χ2n) is 9.55. The van der Waals surface area contributed by atoms with Gasteiger partial charge in [0.15, 0.2) is 5.69 Å². The maximum absolute atomic E-state index is 13.8. The van der Waals surface area contributed by atoms with Crippen LogP contribution in [-0.4, -0.2) is 37.9 Å². The number of likely N-dealkylation sites (tertiary alicyclic amines) is 1. The molecule has 3 aromatic rings. The molecular weight excluding hydrogens is 386 g/mol. The van der Waals surface area contributed by atoms with Gasteiger partial charge >= 0.3 is 0 Å². The summed E-state index contributed by atoms with van der Waals surface area (Å²) in [6.07, 6.45) is 9.03. The summed E-state index contributed by atoms with van der Waals surface area (Å²) in [5.74, 6) is 1.60. The van der Waals surface area contributed by atoms with Crippen LogP contribution in [0.2, 0.25) is 0 Å². The molecule has 1 amide bonds. The van der Waals surface area contributed by atoms with Crippen molar-refractivity contribution in [3.05, 3.63) is 71.8 Å². The van der Waals surface area contributed by atoms with Gasteiger partial charge in [0.05, 0.1) is 11.1 Å². The van der Waals surface area contributed by atoms with Crippen LogP contribution < -0.4 is 0 Å². The third kappa shape index (κ3) is 3.01. The smallest absolute Gasteiger partial charge is 0.274 e. The highest BCUT2D eigenvalue weighted by molar-refractivity contribution is 5.99. The van der Waals surface area contributed by atoms with E-state index < -0.39 is 5.60 Å². The monoisotopic (exact) mass is 415 g/mol. The summed E-state index contributed by atoms with van der Waals surface area (Å²) in [6, 6.07) is 16.1. The van der Waals surface area contributed by atoms with Crippen molar-refractivity contribution >= 4 is 11.4 Å². The Balaban J connectivity index is 1.37. The Hall–Kier alpha value is -2.66. The predicted octanol–water partition coefficient (Wildman–Crippen LogP) is 4.50. The van der Waals surface area contributed by atoms with Crippen molar-refractivity contribution in [2.75, 3.05) is 6.54 Å². The van der Waals surface area contributed by atoms with Gasteiger partial charge in [-0.2, -0.15) is 0 Å². The number of rotatable bonds is 3. The number of pyridine rings is 1. The van der Waals surface area contributed by atoms with Gasteiger partial charge in [-0.25, -0.2) is 4.98 Å². The number of fused-ring (bicyclic) bond motifs is 2. The number of aliphatic hydroxyl groups is 1. The summed E-state index contributed by atoms with van der Waals surface area (Å²) in [6.45, 7) is 0.565. The molecule has 1 aromatic carbocycles. The van der Waals surface area contributed by atoms with Gasteiger partial charge in [0.1, 0.15) is 5.82 Å². The first kappa shape index (κ1) is 19.1. The fraction of sp³-hybridized carbons (Fsp3) is 0.462. The van der Waals surface area contributed by atoms with Crippen LogP contribution in [-0.2, 0) is 5.60 Å². The average Bonchev–Trinajstić information content (AvgIpc) is 3.60. The Labute approximate surface area is 182 Å². The maximum Gasteiger partial charge on any atom is 0.274 e. The van der Waals surface area contributed by atoms with Crippen molar-refractivity contribution < 1.29 is 9.90 Å². The molecule has 31 heavy (non-hydrogen) atoms. The summed E-state index contributed by atoms with van der Waals surface area (Å²) in [5.41, 5.74) is 1.61. The van der Waals surface area contributed by atoms with Crippen LogP contribution in [0, 0.1) is 5.92 Å². The first-order valence-corrected chi connectivity index (χ1v) is 11.7. The summed E-state index contributed by atoms with van der Waals surface area (Å²) >= 11 is 0. The number of amides is 1. The number of nitrogens with zero attached hydrogens (tertiary/aromatic N) is 3. The third-order valence-electron chi connectivity index (χ3n) is 7.73. The Morgan fingerprint density at radius 2 is 1.77 bits per heavy atom. The Kier molecular flexibility index (Phi) is 4.42. The summed E-state index contributed by atoms with van der Waals surface area (Å²) in [7, 11) is 0. The lowest BCUT2D eigenvalue weighted by atomic mass is 9.66. The molecule has 1 unspecified atom stereocenters. The Morgan fingerprint density at radius 3 is 2.58 bits per heavy atom. The molecule has 3 fully saturated rings. The summed E-state index contributed by atoms with van der Waals surface area (Å²) in [5, 5.41) is 11.8. The van der Waals surface area contributed by atoms with Gasteiger partial charge < -0.3 is 14.4 Å². The van der Waals surface area contributed by atoms with Crippen molar-refractivity contribution in [2.45, 2.75) is 62.5 Å². The number of aromatic nitrogens is 2. The Bertz CT molecular complexity index is 1120. The molecule has 3 heterocycles. The topological polar surface area (TPSA) is 57.8 Å². The number of carbonyl (C=O) groups excluding carboxylic acids is 1. The number of benzene rings is 1. The van der Waals surface area contributed by atoms with E-state index in [1.807, 2.05) is 59.6 Å². The third-order valence-corrected chi connectivity index (χ3v) is 7.73. The van der Waals surface area contributed by atoms with Crippen molar-refractivity contribution in [3.8, 4) is 0 Å². The van der Waals surface area contributed by atoms with E-state index in [0.29, 0.717) is 24.6 Å². The van der Waals surface area contributed by atoms with E-state index in [-0.39, 0.29) is 17.9 Å². The average molecular weight is 416 g/mol. The number of hydrogen-bond donors (Lipinski definition) is 1. The van der Waals surface area contributed by atoms with Gasteiger partial charge in [0, 0.05) is 30.6 Å². The fourth-order valence-corrected chi connectivity index (χ4v) is 6.01. The molecule has 0 spiro atoms. The molecular formula is C26H29N3O2. The first-order chi connectivity index (χ1) is 15.2. The highest BCUT2D eigenvalue weighted by atomic mass is 16.3. The van der Waals surface area contributed by atoms with Crippen LogP contribution in [0.3, 0.4) is 0 Å². The lowest BCUT2D eigenvalue weighted by Gasteiger charge is -2.52. The highest BCUT2D eigenvalue weighted by Crippen LogP contribution is 2.47. The molecule has 0 bridgehead atoms. The van der Waals surface area contributed by atoms with Crippen LogP contribution >= 0.6 is 0 Å². The minimum atomic E-state index is -0.863. The Morgan fingerprint density at radius 1 is 1.00 bits per heavy atom. The largest absolute Gasteiger partial charge is 0.385 e. The predicted molar refractivity (Wildman–Crippen MR) is 119 cm³/mol. The lowest BCUT2D eigenvalue weighted by molar-refractivity contribution is -0.110. The molecule has 1 saturated heterocycles. The molecule has 0 radical (unpaired) electrons. The molecule has 2 aromatic heterocycles. The molecule has 2 aliphatic carbocycles. The quantitative estimate of drug-likeness (QED) is 0.685. The molecule has 1 N–H and O–H groups in total.